The van der Waals surface area contributed by atoms with Gasteiger partial charge in [-0.3, -0.25) is 4.68 Å². The first-order valence-electron chi connectivity index (χ1n) is 7.48. The lowest BCUT2D eigenvalue weighted by Crippen LogP contribution is -2.07. The number of esters is 1. The second-order valence-corrected chi connectivity index (χ2v) is 5.25. The molecule has 0 saturated carbocycles. The lowest BCUT2D eigenvalue weighted by atomic mass is 10.1. The van der Waals surface area contributed by atoms with Gasteiger partial charge in [0.25, 0.3) is 0 Å². The summed E-state index contributed by atoms with van der Waals surface area (Å²) < 4.78 is 7.11. The van der Waals surface area contributed by atoms with Crippen molar-refractivity contribution in [3.8, 4) is 6.07 Å². The highest BCUT2D eigenvalue weighted by molar-refractivity contribution is 5.89. The van der Waals surface area contributed by atoms with Gasteiger partial charge in [0.2, 0.25) is 0 Å². The van der Waals surface area contributed by atoms with Crippen molar-refractivity contribution < 1.29 is 9.53 Å². The predicted octanol–water partition coefficient (Wildman–Crippen LogP) is 3.16. The number of carbonyl (C=O) groups is 1. The number of ether oxygens (including phenoxy) is 1. The molecule has 3 rings (SSSR count). The summed E-state index contributed by atoms with van der Waals surface area (Å²) in [7, 11) is 0. The summed E-state index contributed by atoms with van der Waals surface area (Å²) in [5, 5.41) is 13.2. The van der Waals surface area contributed by atoms with E-state index in [-0.39, 0.29) is 6.61 Å². The van der Waals surface area contributed by atoms with E-state index < -0.39 is 5.97 Å². The van der Waals surface area contributed by atoms with E-state index in [1.807, 2.05) is 35.1 Å². The number of carbonyl (C=O) groups excluding carboxylic acids is 1. The van der Waals surface area contributed by atoms with Gasteiger partial charge < -0.3 is 4.74 Å². The molecule has 0 spiro atoms. The van der Waals surface area contributed by atoms with Gasteiger partial charge in [0, 0.05) is 18.0 Å². The Morgan fingerprint density at radius 3 is 2.62 bits per heavy atom. The van der Waals surface area contributed by atoms with Gasteiger partial charge in [-0.05, 0) is 29.8 Å². The largest absolute Gasteiger partial charge is 0.457 e. The van der Waals surface area contributed by atoms with Crippen molar-refractivity contribution >= 4 is 5.97 Å². The average Bonchev–Trinajstić information content (AvgIpc) is 3.13. The SMILES string of the molecule is N#Cc1ccccc1COC(=O)c1ccc(Cn2cccn2)cc1. The van der Waals surface area contributed by atoms with Crippen molar-refractivity contribution in [2.24, 2.45) is 0 Å². The Balaban J connectivity index is 1.62. The van der Waals surface area contributed by atoms with Crippen LogP contribution in [0, 0.1) is 11.3 Å². The van der Waals surface area contributed by atoms with Gasteiger partial charge in [-0.25, -0.2) is 4.79 Å². The van der Waals surface area contributed by atoms with Crippen LogP contribution in [-0.4, -0.2) is 15.7 Å². The first-order valence-corrected chi connectivity index (χ1v) is 7.48. The second-order valence-electron chi connectivity index (χ2n) is 5.25. The fourth-order valence-electron chi connectivity index (χ4n) is 2.31. The molecule has 0 aliphatic carbocycles. The molecule has 0 saturated heterocycles. The summed E-state index contributed by atoms with van der Waals surface area (Å²) in [5.41, 5.74) is 2.74. The predicted molar refractivity (Wildman–Crippen MR) is 88.0 cm³/mol. The molecular formula is C19H15N3O2. The van der Waals surface area contributed by atoms with Crippen LogP contribution >= 0.6 is 0 Å². The van der Waals surface area contributed by atoms with Crippen LogP contribution in [0.2, 0.25) is 0 Å². The fourth-order valence-corrected chi connectivity index (χ4v) is 2.31. The zero-order valence-corrected chi connectivity index (χ0v) is 12.9. The highest BCUT2D eigenvalue weighted by atomic mass is 16.5. The van der Waals surface area contributed by atoms with Crippen LogP contribution in [0.25, 0.3) is 0 Å². The average molecular weight is 317 g/mol. The van der Waals surface area contributed by atoms with Gasteiger partial charge in [-0.2, -0.15) is 10.4 Å². The minimum absolute atomic E-state index is 0.0810. The van der Waals surface area contributed by atoms with E-state index in [4.69, 9.17) is 10.00 Å². The molecule has 0 unspecified atom stereocenters. The first-order chi connectivity index (χ1) is 11.8. The topological polar surface area (TPSA) is 67.9 Å². The molecule has 2 aromatic carbocycles. The van der Waals surface area contributed by atoms with Crippen LogP contribution in [0.4, 0.5) is 0 Å². The van der Waals surface area contributed by atoms with Crippen LogP contribution in [0.3, 0.4) is 0 Å². The first kappa shape index (κ1) is 15.5. The number of nitrogens with zero attached hydrogens (tertiary/aromatic N) is 3. The Labute approximate surface area is 139 Å². The summed E-state index contributed by atoms with van der Waals surface area (Å²) >= 11 is 0. The smallest absolute Gasteiger partial charge is 0.338 e. The van der Waals surface area contributed by atoms with Crippen molar-refractivity contribution in [1.29, 1.82) is 5.26 Å². The number of hydrogen-bond donors (Lipinski definition) is 0. The number of hydrogen-bond acceptors (Lipinski definition) is 4. The van der Waals surface area contributed by atoms with Gasteiger partial charge in [0.15, 0.2) is 0 Å². The molecular weight excluding hydrogens is 302 g/mol. The summed E-state index contributed by atoms with van der Waals surface area (Å²) in [6.07, 6.45) is 3.61. The third kappa shape index (κ3) is 3.68. The van der Waals surface area contributed by atoms with E-state index in [2.05, 4.69) is 11.2 Å². The molecule has 0 bridgehead atoms. The molecule has 0 atom stereocenters. The van der Waals surface area contributed by atoms with E-state index in [1.165, 1.54) is 0 Å². The number of rotatable bonds is 5. The van der Waals surface area contributed by atoms with E-state index >= 15 is 0 Å². The molecule has 0 aliphatic rings. The zero-order valence-electron chi connectivity index (χ0n) is 12.9. The maximum absolute atomic E-state index is 12.1. The minimum Gasteiger partial charge on any atom is -0.457 e. The van der Waals surface area contributed by atoms with Gasteiger partial charge in [0.05, 0.1) is 23.7 Å². The third-order valence-corrected chi connectivity index (χ3v) is 3.59. The third-order valence-electron chi connectivity index (χ3n) is 3.59. The molecule has 3 aromatic rings. The Bertz CT molecular complexity index is 862. The molecule has 1 aromatic heterocycles. The minimum atomic E-state index is -0.409. The van der Waals surface area contributed by atoms with Crippen LogP contribution in [0.5, 0.6) is 0 Å². The molecule has 5 nitrogen and oxygen atoms in total. The van der Waals surface area contributed by atoms with Crippen LogP contribution < -0.4 is 0 Å². The van der Waals surface area contributed by atoms with Gasteiger partial charge in [0.1, 0.15) is 6.61 Å². The fraction of sp³-hybridized carbons (Fsp3) is 0.105. The van der Waals surface area contributed by atoms with Crippen molar-refractivity contribution in [2.75, 3.05) is 0 Å². The highest BCUT2D eigenvalue weighted by Gasteiger charge is 2.09. The molecule has 118 valence electrons. The Hall–Kier alpha value is -3.39. The summed E-state index contributed by atoms with van der Waals surface area (Å²) in [6.45, 7) is 0.732. The van der Waals surface area contributed by atoms with Gasteiger partial charge >= 0.3 is 5.97 Å². The highest BCUT2D eigenvalue weighted by Crippen LogP contribution is 2.12. The Morgan fingerprint density at radius 2 is 1.92 bits per heavy atom. The normalized spacial score (nSPS) is 10.1. The standard InChI is InChI=1S/C19H15N3O2/c20-12-17-4-1-2-5-18(17)14-24-19(23)16-8-6-15(7-9-16)13-22-11-3-10-21-22/h1-11H,13-14H2. The zero-order chi connectivity index (χ0) is 16.8. The van der Waals surface area contributed by atoms with Crippen LogP contribution in [-0.2, 0) is 17.9 Å². The van der Waals surface area contributed by atoms with Gasteiger partial charge in [-0.1, -0.05) is 30.3 Å². The molecule has 0 radical (unpaired) electrons. The Morgan fingerprint density at radius 1 is 1.12 bits per heavy atom. The second kappa shape index (κ2) is 7.25. The Kier molecular flexibility index (Phi) is 4.68. The van der Waals surface area contributed by atoms with Crippen molar-refractivity contribution in [3.63, 3.8) is 0 Å². The molecule has 0 fully saturated rings. The van der Waals surface area contributed by atoms with E-state index in [1.54, 1.807) is 36.5 Å². The van der Waals surface area contributed by atoms with E-state index in [9.17, 15) is 4.79 Å². The summed E-state index contributed by atoms with van der Waals surface area (Å²) in [4.78, 5) is 12.1. The van der Waals surface area contributed by atoms with Crippen molar-refractivity contribution in [2.45, 2.75) is 13.2 Å². The summed E-state index contributed by atoms with van der Waals surface area (Å²) in [5.74, 6) is -0.409. The molecule has 5 heteroatoms. The molecule has 0 amide bonds. The summed E-state index contributed by atoms with van der Waals surface area (Å²) in [6, 6.07) is 18.2. The number of benzene rings is 2. The number of aromatic nitrogens is 2. The van der Waals surface area contributed by atoms with Crippen LogP contribution in [0.15, 0.2) is 67.0 Å². The van der Waals surface area contributed by atoms with Crippen molar-refractivity contribution in [1.82, 2.24) is 9.78 Å². The quantitative estimate of drug-likeness (QED) is 0.678. The van der Waals surface area contributed by atoms with E-state index in [0.717, 1.165) is 5.56 Å². The number of nitriles is 1. The molecule has 0 N–H and O–H groups in total. The lowest BCUT2D eigenvalue weighted by Gasteiger charge is -2.07. The van der Waals surface area contributed by atoms with E-state index in [0.29, 0.717) is 23.2 Å². The molecule has 24 heavy (non-hydrogen) atoms. The monoisotopic (exact) mass is 317 g/mol. The molecule has 1 heterocycles. The lowest BCUT2D eigenvalue weighted by molar-refractivity contribution is 0.0472. The van der Waals surface area contributed by atoms with Crippen LogP contribution in [0.1, 0.15) is 27.0 Å². The maximum atomic E-state index is 12.1. The van der Waals surface area contributed by atoms with Gasteiger partial charge in [-0.15, -0.1) is 0 Å². The van der Waals surface area contributed by atoms with Crippen molar-refractivity contribution in [3.05, 3.63) is 89.2 Å². The maximum Gasteiger partial charge on any atom is 0.338 e. The molecule has 0 aliphatic heterocycles.